The van der Waals surface area contributed by atoms with E-state index in [-0.39, 0.29) is 35.4 Å². The Kier molecular flexibility index (Phi) is 5.61. The zero-order chi connectivity index (χ0) is 20.5. The molecule has 3 rings (SSSR count). The molecule has 0 aliphatic carbocycles. The van der Waals surface area contributed by atoms with E-state index in [2.05, 4.69) is 6.07 Å². The third-order valence-electron chi connectivity index (χ3n) is 5.12. The normalized spacial score (nSPS) is 24.2. The van der Waals surface area contributed by atoms with E-state index in [0.29, 0.717) is 37.4 Å². The summed E-state index contributed by atoms with van der Waals surface area (Å²) in [5.41, 5.74) is 0.0452. The van der Waals surface area contributed by atoms with Crippen LogP contribution in [0.5, 0.6) is 5.75 Å². The summed E-state index contributed by atoms with van der Waals surface area (Å²) in [4.78, 5) is 27.6. The number of Topliss-reactive ketones (excluding diaryl/α,β-unsaturated/α-hetero) is 1. The van der Waals surface area contributed by atoms with E-state index in [9.17, 15) is 14.9 Å². The van der Waals surface area contributed by atoms with Crippen molar-refractivity contribution in [3.63, 3.8) is 0 Å². The summed E-state index contributed by atoms with van der Waals surface area (Å²) in [6, 6.07) is 6.70. The highest BCUT2D eigenvalue weighted by Gasteiger charge is 2.45. The molecule has 0 aromatic heterocycles. The lowest BCUT2D eigenvalue weighted by Gasteiger charge is -2.47. The van der Waals surface area contributed by atoms with Crippen LogP contribution in [0.4, 0.5) is 4.79 Å². The lowest BCUT2D eigenvalue weighted by molar-refractivity contribution is -0.0861. The van der Waals surface area contributed by atoms with Gasteiger partial charge in [0.05, 0.1) is 32.4 Å². The van der Waals surface area contributed by atoms with Gasteiger partial charge in [-0.15, -0.1) is 0 Å². The van der Waals surface area contributed by atoms with E-state index in [1.165, 1.54) is 7.11 Å². The minimum absolute atomic E-state index is 0.0869. The quantitative estimate of drug-likeness (QED) is 0.742. The van der Waals surface area contributed by atoms with Crippen LogP contribution in [0.3, 0.4) is 0 Å². The van der Waals surface area contributed by atoms with Gasteiger partial charge in [0.2, 0.25) is 0 Å². The first kappa shape index (κ1) is 20.2. The van der Waals surface area contributed by atoms with E-state index < -0.39 is 5.60 Å². The van der Waals surface area contributed by atoms with E-state index in [4.69, 9.17) is 14.2 Å². The molecule has 2 aliphatic rings. The molecule has 1 amide bonds. The molecule has 2 heterocycles. The number of methoxy groups -OCH3 is 1. The number of ether oxygens (including phenoxy) is 3. The topological polar surface area (TPSA) is 88.9 Å². The SMILES string of the molecule is COc1cccc(C(=O)C2CC3COCC(C2)N3C(=O)OC(C)(C)C)c1C#N. The number of carbonyl (C=O) groups excluding carboxylic acids is 2. The minimum Gasteiger partial charge on any atom is -0.495 e. The van der Waals surface area contributed by atoms with Crippen LogP contribution in [0, 0.1) is 17.2 Å². The van der Waals surface area contributed by atoms with Gasteiger partial charge in [0.1, 0.15) is 23.0 Å². The van der Waals surface area contributed by atoms with Crippen molar-refractivity contribution in [1.29, 1.82) is 5.26 Å². The number of hydrogen-bond acceptors (Lipinski definition) is 6. The smallest absolute Gasteiger partial charge is 0.410 e. The van der Waals surface area contributed by atoms with E-state index in [0.717, 1.165) is 0 Å². The lowest BCUT2D eigenvalue weighted by Crippen LogP contribution is -2.60. The summed E-state index contributed by atoms with van der Waals surface area (Å²) in [5, 5.41) is 9.49. The minimum atomic E-state index is -0.582. The number of morpholine rings is 1. The van der Waals surface area contributed by atoms with E-state index >= 15 is 0 Å². The number of benzene rings is 1. The first-order valence-electron chi connectivity index (χ1n) is 9.45. The third kappa shape index (κ3) is 3.97. The van der Waals surface area contributed by atoms with Gasteiger partial charge < -0.3 is 14.2 Å². The summed E-state index contributed by atoms with van der Waals surface area (Å²) >= 11 is 0. The van der Waals surface area contributed by atoms with Crippen molar-refractivity contribution in [2.45, 2.75) is 51.3 Å². The Labute approximate surface area is 165 Å². The molecule has 0 radical (unpaired) electrons. The second kappa shape index (κ2) is 7.80. The fraction of sp³-hybridized carbons (Fsp3) is 0.571. The van der Waals surface area contributed by atoms with Gasteiger partial charge in [0.15, 0.2) is 5.78 Å². The van der Waals surface area contributed by atoms with Gasteiger partial charge in [0, 0.05) is 11.5 Å². The summed E-state index contributed by atoms with van der Waals surface area (Å²) < 4.78 is 16.4. The Morgan fingerprint density at radius 1 is 1.21 bits per heavy atom. The maximum Gasteiger partial charge on any atom is 0.410 e. The Bertz CT molecular complexity index is 794. The molecular weight excluding hydrogens is 360 g/mol. The highest BCUT2D eigenvalue weighted by Crippen LogP contribution is 2.36. The number of nitrogens with zero attached hydrogens (tertiary/aromatic N) is 2. The van der Waals surface area contributed by atoms with Crippen LogP contribution in [-0.2, 0) is 9.47 Å². The predicted molar refractivity (Wildman–Crippen MR) is 101 cm³/mol. The van der Waals surface area contributed by atoms with Crippen LogP contribution in [0.1, 0.15) is 49.5 Å². The van der Waals surface area contributed by atoms with E-state index in [1.807, 2.05) is 20.8 Å². The largest absolute Gasteiger partial charge is 0.495 e. The van der Waals surface area contributed by atoms with Gasteiger partial charge in [0.25, 0.3) is 0 Å². The van der Waals surface area contributed by atoms with Crippen LogP contribution in [0.25, 0.3) is 0 Å². The predicted octanol–water partition coefficient (Wildman–Crippen LogP) is 3.16. The number of rotatable bonds is 3. The Morgan fingerprint density at radius 3 is 2.39 bits per heavy atom. The molecule has 2 atom stereocenters. The van der Waals surface area contributed by atoms with Gasteiger partial charge >= 0.3 is 6.09 Å². The molecular formula is C21H26N2O5. The van der Waals surface area contributed by atoms with Crippen LogP contribution >= 0.6 is 0 Å². The number of piperidine rings is 1. The molecule has 0 saturated carbocycles. The lowest BCUT2D eigenvalue weighted by atomic mass is 9.80. The summed E-state index contributed by atoms with van der Waals surface area (Å²) in [6.45, 7) is 6.25. The highest BCUT2D eigenvalue weighted by atomic mass is 16.6. The van der Waals surface area contributed by atoms with Crippen LogP contribution in [-0.4, -0.2) is 54.8 Å². The van der Waals surface area contributed by atoms with Gasteiger partial charge in [-0.05, 0) is 45.7 Å². The average molecular weight is 386 g/mol. The molecule has 1 aromatic rings. The van der Waals surface area contributed by atoms with Crippen molar-refractivity contribution in [2.24, 2.45) is 5.92 Å². The van der Waals surface area contributed by atoms with Crippen molar-refractivity contribution >= 4 is 11.9 Å². The van der Waals surface area contributed by atoms with Gasteiger partial charge in [-0.3, -0.25) is 9.69 Å². The monoisotopic (exact) mass is 386 g/mol. The van der Waals surface area contributed by atoms with E-state index in [1.54, 1.807) is 23.1 Å². The molecule has 0 spiro atoms. The third-order valence-corrected chi connectivity index (χ3v) is 5.12. The number of nitriles is 1. The maximum atomic E-state index is 13.2. The maximum absolute atomic E-state index is 13.2. The number of hydrogen-bond donors (Lipinski definition) is 0. The second-order valence-electron chi connectivity index (χ2n) is 8.26. The van der Waals surface area contributed by atoms with Gasteiger partial charge in [-0.2, -0.15) is 5.26 Å². The number of ketones is 1. The zero-order valence-electron chi connectivity index (χ0n) is 16.7. The number of carbonyl (C=O) groups is 2. The van der Waals surface area contributed by atoms with Crippen molar-refractivity contribution in [1.82, 2.24) is 4.90 Å². The zero-order valence-corrected chi connectivity index (χ0v) is 16.7. The molecule has 7 heteroatoms. The standard InChI is InChI=1S/C21H26N2O5/c1-21(2,3)28-20(25)23-14-8-13(9-15(23)12-27-11-14)19(24)16-6-5-7-18(26-4)17(16)10-22/h5-7,13-15H,8-9,11-12H2,1-4H3. The van der Waals surface area contributed by atoms with Crippen molar-refractivity contribution in [3.05, 3.63) is 29.3 Å². The molecule has 150 valence electrons. The molecule has 2 fully saturated rings. The summed E-state index contributed by atoms with van der Waals surface area (Å²) in [7, 11) is 1.48. The molecule has 1 aromatic carbocycles. The molecule has 2 bridgehead atoms. The molecule has 7 nitrogen and oxygen atoms in total. The fourth-order valence-electron chi connectivity index (χ4n) is 3.98. The molecule has 2 aliphatic heterocycles. The first-order chi connectivity index (χ1) is 13.2. The number of fused-ring (bicyclic) bond motifs is 2. The second-order valence-corrected chi connectivity index (χ2v) is 8.26. The molecule has 2 unspecified atom stereocenters. The van der Waals surface area contributed by atoms with Crippen molar-refractivity contribution in [2.75, 3.05) is 20.3 Å². The van der Waals surface area contributed by atoms with Crippen molar-refractivity contribution in [3.8, 4) is 11.8 Å². The van der Waals surface area contributed by atoms with Crippen LogP contribution in [0.15, 0.2) is 18.2 Å². The Morgan fingerprint density at radius 2 is 1.86 bits per heavy atom. The van der Waals surface area contributed by atoms with Gasteiger partial charge in [-0.1, -0.05) is 6.07 Å². The van der Waals surface area contributed by atoms with Gasteiger partial charge in [-0.25, -0.2) is 4.79 Å². The Hall–Kier alpha value is -2.59. The van der Waals surface area contributed by atoms with Crippen LogP contribution < -0.4 is 4.74 Å². The number of amides is 1. The Balaban J connectivity index is 1.82. The first-order valence-corrected chi connectivity index (χ1v) is 9.45. The summed E-state index contributed by atoms with van der Waals surface area (Å²) in [6.07, 6.45) is 0.601. The molecule has 28 heavy (non-hydrogen) atoms. The van der Waals surface area contributed by atoms with Crippen LogP contribution in [0.2, 0.25) is 0 Å². The summed E-state index contributed by atoms with van der Waals surface area (Å²) in [5.74, 6) is 0.0241. The van der Waals surface area contributed by atoms with Crippen molar-refractivity contribution < 1.29 is 23.8 Å². The molecule has 2 saturated heterocycles. The average Bonchev–Trinajstić information content (AvgIpc) is 2.64. The fourth-order valence-corrected chi connectivity index (χ4v) is 3.98. The highest BCUT2D eigenvalue weighted by molar-refractivity contribution is 6.01. The molecule has 0 N–H and O–H groups in total.